The van der Waals surface area contributed by atoms with E-state index in [-0.39, 0.29) is 5.97 Å². The number of hydrogen-bond acceptors (Lipinski definition) is 3. The predicted octanol–water partition coefficient (Wildman–Crippen LogP) is 3.62. The molecule has 0 aromatic carbocycles. The van der Waals surface area contributed by atoms with Crippen molar-refractivity contribution in [3.8, 4) is 0 Å². The molecule has 0 atom stereocenters. The van der Waals surface area contributed by atoms with E-state index in [2.05, 4.69) is 11.1 Å². The predicted molar refractivity (Wildman–Crippen MR) is 77.9 cm³/mol. The largest absolute Gasteiger partial charge is 0.462 e. The van der Waals surface area contributed by atoms with Gasteiger partial charge in [0.25, 0.3) is 0 Å². The van der Waals surface area contributed by atoms with Crippen LogP contribution < -0.4 is 0 Å². The zero-order valence-corrected chi connectivity index (χ0v) is 12.5. The van der Waals surface area contributed by atoms with E-state index < -0.39 is 0 Å². The SMILES string of the molecule is CCOC(=O)c1cc2c(nc1C)CCC1(CCCC1)C2. The summed E-state index contributed by atoms with van der Waals surface area (Å²) in [5.41, 5.74) is 4.45. The zero-order valence-electron chi connectivity index (χ0n) is 12.5. The van der Waals surface area contributed by atoms with Crippen molar-refractivity contribution in [2.45, 2.75) is 58.8 Å². The molecule has 20 heavy (non-hydrogen) atoms. The number of fused-ring (bicyclic) bond motifs is 1. The lowest BCUT2D eigenvalue weighted by Crippen LogP contribution is -2.27. The number of aromatic nitrogens is 1. The van der Waals surface area contributed by atoms with E-state index in [0.29, 0.717) is 17.6 Å². The molecule has 2 aliphatic carbocycles. The van der Waals surface area contributed by atoms with Crippen LogP contribution in [0.15, 0.2) is 6.07 Å². The average Bonchev–Trinajstić information content (AvgIpc) is 2.87. The highest BCUT2D eigenvalue weighted by molar-refractivity contribution is 5.90. The first-order valence-corrected chi connectivity index (χ1v) is 7.80. The Morgan fingerprint density at radius 1 is 1.35 bits per heavy atom. The Morgan fingerprint density at radius 3 is 2.80 bits per heavy atom. The molecule has 3 nitrogen and oxygen atoms in total. The first-order valence-electron chi connectivity index (χ1n) is 7.80. The van der Waals surface area contributed by atoms with Crippen LogP contribution in [-0.4, -0.2) is 17.6 Å². The molecule has 1 fully saturated rings. The van der Waals surface area contributed by atoms with Gasteiger partial charge in [0.1, 0.15) is 0 Å². The topological polar surface area (TPSA) is 39.2 Å². The van der Waals surface area contributed by atoms with Crippen LogP contribution >= 0.6 is 0 Å². The van der Waals surface area contributed by atoms with Gasteiger partial charge >= 0.3 is 5.97 Å². The molecule has 0 N–H and O–H groups in total. The van der Waals surface area contributed by atoms with Crippen molar-refractivity contribution in [2.24, 2.45) is 5.41 Å². The smallest absolute Gasteiger partial charge is 0.339 e. The number of hydrogen-bond donors (Lipinski definition) is 0. The number of rotatable bonds is 2. The molecular weight excluding hydrogens is 250 g/mol. The molecule has 0 amide bonds. The van der Waals surface area contributed by atoms with Crippen molar-refractivity contribution in [2.75, 3.05) is 6.61 Å². The van der Waals surface area contributed by atoms with Gasteiger partial charge in [-0.05, 0) is 63.0 Å². The molecule has 3 heteroatoms. The van der Waals surface area contributed by atoms with Crippen LogP contribution in [-0.2, 0) is 17.6 Å². The molecule has 1 saturated carbocycles. The van der Waals surface area contributed by atoms with Gasteiger partial charge in [-0.15, -0.1) is 0 Å². The average molecular weight is 273 g/mol. The normalized spacial score (nSPS) is 19.9. The van der Waals surface area contributed by atoms with Crippen molar-refractivity contribution in [3.05, 3.63) is 28.6 Å². The monoisotopic (exact) mass is 273 g/mol. The highest BCUT2D eigenvalue weighted by Crippen LogP contribution is 2.47. The lowest BCUT2D eigenvalue weighted by Gasteiger charge is -2.34. The second kappa shape index (κ2) is 5.19. The standard InChI is InChI=1S/C17H23NO2/c1-3-20-16(19)14-10-13-11-17(7-4-5-8-17)9-6-15(13)18-12(14)2/h10H,3-9,11H2,1-2H3. The summed E-state index contributed by atoms with van der Waals surface area (Å²) in [7, 11) is 0. The van der Waals surface area contributed by atoms with Gasteiger partial charge in [0.15, 0.2) is 0 Å². The van der Waals surface area contributed by atoms with Crippen LogP contribution in [0.25, 0.3) is 0 Å². The van der Waals surface area contributed by atoms with E-state index in [1.807, 2.05) is 13.8 Å². The molecule has 1 aromatic rings. The molecule has 0 unspecified atom stereocenters. The van der Waals surface area contributed by atoms with Gasteiger partial charge in [-0.3, -0.25) is 4.98 Å². The Bertz CT molecular complexity index is 530. The van der Waals surface area contributed by atoms with Gasteiger partial charge < -0.3 is 4.74 Å². The van der Waals surface area contributed by atoms with Gasteiger partial charge in [0, 0.05) is 5.69 Å². The van der Waals surface area contributed by atoms with Crippen LogP contribution in [0.2, 0.25) is 0 Å². The Balaban J connectivity index is 1.92. The van der Waals surface area contributed by atoms with Gasteiger partial charge in [0.05, 0.1) is 17.9 Å². The number of carbonyl (C=O) groups excluding carboxylic acids is 1. The molecule has 108 valence electrons. The first kappa shape index (κ1) is 13.6. The molecule has 3 rings (SSSR count). The molecule has 1 heterocycles. The van der Waals surface area contributed by atoms with Crippen molar-refractivity contribution in [3.63, 3.8) is 0 Å². The fourth-order valence-electron chi connectivity index (χ4n) is 3.91. The molecule has 2 aliphatic rings. The maximum Gasteiger partial charge on any atom is 0.339 e. The molecule has 1 aromatic heterocycles. The number of aryl methyl sites for hydroxylation is 2. The van der Waals surface area contributed by atoms with E-state index in [1.165, 1.54) is 43.4 Å². The summed E-state index contributed by atoms with van der Waals surface area (Å²) in [5.74, 6) is -0.230. The Kier molecular flexibility index (Phi) is 3.53. The van der Waals surface area contributed by atoms with Gasteiger partial charge in [-0.2, -0.15) is 0 Å². The van der Waals surface area contributed by atoms with Crippen LogP contribution in [0.5, 0.6) is 0 Å². The number of nitrogens with zero attached hydrogens (tertiary/aromatic N) is 1. The summed E-state index contributed by atoms with van der Waals surface area (Å²) >= 11 is 0. The fourth-order valence-corrected chi connectivity index (χ4v) is 3.91. The third-order valence-electron chi connectivity index (χ3n) is 5.00. The summed E-state index contributed by atoms with van der Waals surface area (Å²) in [4.78, 5) is 16.7. The van der Waals surface area contributed by atoms with E-state index in [0.717, 1.165) is 18.5 Å². The number of carbonyl (C=O) groups is 1. The molecule has 0 saturated heterocycles. The van der Waals surface area contributed by atoms with Crippen molar-refractivity contribution >= 4 is 5.97 Å². The van der Waals surface area contributed by atoms with Crippen LogP contribution in [0.1, 0.15) is 66.3 Å². The third kappa shape index (κ3) is 2.34. The minimum Gasteiger partial charge on any atom is -0.462 e. The minimum absolute atomic E-state index is 0.230. The lowest BCUT2D eigenvalue weighted by atomic mass is 9.71. The summed E-state index contributed by atoms with van der Waals surface area (Å²) in [5, 5.41) is 0. The van der Waals surface area contributed by atoms with Crippen LogP contribution in [0.3, 0.4) is 0 Å². The number of ether oxygens (including phenoxy) is 1. The second-order valence-electron chi connectivity index (χ2n) is 6.33. The molecule has 1 spiro atoms. The quantitative estimate of drug-likeness (QED) is 0.773. The number of pyridine rings is 1. The van der Waals surface area contributed by atoms with Crippen molar-refractivity contribution in [1.82, 2.24) is 4.98 Å². The highest BCUT2D eigenvalue weighted by Gasteiger charge is 2.37. The summed E-state index contributed by atoms with van der Waals surface area (Å²) in [6, 6.07) is 2.05. The van der Waals surface area contributed by atoms with E-state index in [1.54, 1.807) is 0 Å². The molecular formula is C17H23NO2. The van der Waals surface area contributed by atoms with E-state index in [4.69, 9.17) is 4.74 Å². The fraction of sp³-hybridized carbons (Fsp3) is 0.647. The maximum absolute atomic E-state index is 12.0. The van der Waals surface area contributed by atoms with Crippen molar-refractivity contribution in [1.29, 1.82) is 0 Å². The highest BCUT2D eigenvalue weighted by atomic mass is 16.5. The summed E-state index contributed by atoms with van der Waals surface area (Å²) in [6.07, 6.45) is 8.84. The van der Waals surface area contributed by atoms with E-state index >= 15 is 0 Å². The molecule has 0 radical (unpaired) electrons. The van der Waals surface area contributed by atoms with Gasteiger partial charge in [-0.1, -0.05) is 12.8 Å². The lowest BCUT2D eigenvalue weighted by molar-refractivity contribution is 0.0524. The Labute approximate surface area is 120 Å². The minimum atomic E-state index is -0.230. The Morgan fingerprint density at radius 2 is 2.10 bits per heavy atom. The van der Waals surface area contributed by atoms with Gasteiger partial charge in [-0.25, -0.2) is 4.79 Å². The summed E-state index contributed by atoms with van der Waals surface area (Å²) in [6.45, 7) is 4.17. The van der Waals surface area contributed by atoms with Gasteiger partial charge in [0.2, 0.25) is 0 Å². The first-order chi connectivity index (χ1) is 9.63. The Hall–Kier alpha value is -1.38. The summed E-state index contributed by atoms with van der Waals surface area (Å²) < 4.78 is 5.14. The van der Waals surface area contributed by atoms with E-state index in [9.17, 15) is 4.79 Å². The molecule has 0 aliphatic heterocycles. The molecule has 0 bridgehead atoms. The third-order valence-corrected chi connectivity index (χ3v) is 5.00. The second-order valence-corrected chi connectivity index (χ2v) is 6.33. The van der Waals surface area contributed by atoms with Crippen LogP contribution in [0.4, 0.5) is 0 Å². The van der Waals surface area contributed by atoms with Crippen molar-refractivity contribution < 1.29 is 9.53 Å². The van der Waals surface area contributed by atoms with Crippen LogP contribution in [0, 0.1) is 12.3 Å². The zero-order chi connectivity index (χ0) is 14.2. The number of esters is 1. The maximum atomic E-state index is 12.0.